The van der Waals surface area contributed by atoms with Crippen molar-refractivity contribution in [3.63, 3.8) is 0 Å². The van der Waals surface area contributed by atoms with E-state index in [4.69, 9.17) is 4.74 Å². The van der Waals surface area contributed by atoms with E-state index >= 15 is 0 Å². The zero-order valence-corrected chi connectivity index (χ0v) is 11.9. The van der Waals surface area contributed by atoms with E-state index in [1.165, 1.54) is 0 Å². The van der Waals surface area contributed by atoms with E-state index in [1.807, 2.05) is 4.90 Å². The molecule has 2 aliphatic heterocycles. The molecular weight excluding hydrogens is 244 g/mol. The van der Waals surface area contributed by atoms with Crippen LogP contribution in [0.3, 0.4) is 0 Å². The van der Waals surface area contributed by atoms with Crippen molar-refractivity contribution in [2.24, 2.45) is 5.92 Å². The Kier molecular flexibility index (Phi) is 4.80. The molecule has 0 spiro atoms. The van der Waals surface area contributed by atoms with Crippen molar-refractivity contribution in [2.45, 2.75) is 51.7 Å². The molecule has 0 radical (unpaired) electrons. The Hall–Kier alpha value is -1.10. The molecule has 0 aromatic heterocycles. The molecule has 19 heavy (non-hydrogen) atoms. The van der Waals surface area contributed by atoms with Gasteiger partial charge in [-0.05, 0) is 25.2 Å². The van der Waals surface area contributed by atoms with Crippen molar-refractivity contribution >= 4 is 11.8 Å². The summed E-state index contributed by atoms with van der Waals surface area (Å²) >= 11 is 0. The summed E-state index contributed by atoms with van der Waals surface area (Å²) in [6.45, 7) is 6.54. The van der Waals surface area contributed by atoms with Gasteiger partial charge in [0.1, 0.15) is 6.04 Å². The van der Waals surface area contributed by atoms with E-state index in [1.54, 1.807) is 0 Å². The molecule has 108 valence electrons. The van der Waals surface area contributed by atoms with Gasteiger partial charge in [0, 0.05) is 26.1 Å². The van der Waals surface area contributed by atoms with Crippen LogP contribution in [0.25, 0.3) is 0 Å². The minimum absolute atomic E-state index is 0.0118. The summed E-state index contributed by atoms with van der Waals surface area (Å²) in [6, 6.07) is -0.304. The molecule has 2 rings (SSSR count). The zero-order chi connectivity index (χ0) is 13.8. The van der Waals surface area contributed by atoms with Crippen LogP contribution in [0.2, 0.25) is 0 Å². The number of ether oxygens (including phenoxy) is 1. The Labute approximate surface area is 114 Å². The van der Waals surface area contributed by atoms with Gasteiger partial charge in [0.25, 0.3) is 0 Å². The molecule has 2 atom stereocenters. The molecule has 2 fully saturated rings. The summed E-state index contributed by atoms with van der Waals surface area (Å²) < 4.78 is 5.80. The molecule has 0 aromatic rings. The second kappa shape index (κ2) is 6.37. The largest absolute Gasteiger partial charge is 0.376 e. The van der Waals surface area contributed by atoms with Crippen LogP contribution >= 0.6 is 0 Å². The van der Waals surface area contributed by atoms with Crippen LogP contribution in [0, 0.1) is 5.92 Å². The van der Waals surface area contributed by atoms with Gasteiger partial charge in [-0.15, -0.1) is 0 Å². The third-order valence-electron chi connectivity index (χ3n) is 3.80. The normalized spacial score (nSPS) is 27.1. The molecule has 0 aromatic carbocycles. The number of hydrogen-bond donors (Lipinski definition) is 1. The third-order valence-corrected chi connectivity index (χ3v) is 3.80. The number of likely N-dealkylation sites (tertiary alicyclic amines) is 1. The van der Waals surface area contributed by atoms with Gasteiger partial charge in [-0.25, -0.2) is 0 Å². The maximum Gasteiger partial charge on any atom is 0.245 e. The SMILES string of the molecule is CC(C)CCOC1CCN(C(=O)[C@H]2CCC(=O)N2)C1. The average Bonchev–Trinajstić information content (AvgIpc) is 2.97. The van der Waals surface area contributed by atoms with Crippen molar-refractivity contribution in [3.05, 3.63) is 0 Å². The first-order chi connectivity index (χ1) is 9.06. The second-order valence-corrected chi connectivity index (χ2v) is 5.91. The van der Waals surface area contributed by atoms with Gasteiger partial charge in [-0.1, -0.05) is 13.8 Å². The summed E-state index contributed by atoms with van der Waals surface area (Å²) in [7, 11) is 0. The fraction of sp³-hybridized carbons (Fsp3) is 0.857. The van der Waals surface area contributed by atoms with Gasteiger partial charge >= 0.3 is 0 Å². The van der Waals surface area contributed by atoms with Gasteiger partial charge in [0.15, 0.2) is 0 Å². The molecule has 5 heteroatoms. The highest BCUT2D eigenvalue weighted by Gasteiger charge is 2.34. The third kappa shape index (κ3) is 3.93. The van der Waals surface area contributed by atoms with Gasteiger partial charge in [0.2, 0.25) is 11.8 Å². The number of nitrogens with zero attached hydrogens (tertiary/aromatic N) is 1. The fourth-order valence-corrected chi connectivity index (χ4v) is 2.55. The van der Waals surface area contributed by atoms with Crippen LogP contribution in [0.4, 0.5) is 0 Å². The second-order valence-electron chi connectivity index (χ2n) is 5.91. The highest BCUT2D eigenvalue weighted by Crippen LogP contribution is 2.17. The van der Waals surface area contributed by atoms with Crippen LogP contribution in [0.1, 0.15) is 39.5 Å². The van der Waals surface area contributed by atoms with E-state index in [2.05, 4.69) is 19.2 Å². The Morgan fingerprint density at radius 1 is 1.47 bits per heavy atom. The van der Waals surface area contributed by atoms with E-state index < -0.39 is 0 Å². The van der Waals surface area contributed by atoms with Crippen LogP contribution in [-0.2, 0) is 14.3 Å². The van der Waals surface area contributed by atoms with E-state index in [0.717, 1.165) is 26.0 Å². The molecule has 2 saturated heterocycles. The first-order valence-corrected chi connectivity index (χ1v) is 7.26. The lowest BCUT2D eigenvalue weighted by molar-refractivity contribution is -0.133. The average molecular weight is 268 g/mol. The van der Waals surface area contributed by atoms with Crippen LogP contribution in [-0.4, -0.2) is 48.6 Å². The van der Waals surface area contributed by atoms with E-state index in [9.17, 15) is 9.59 Å². The number of amides is 2. The van der Waals surface area contributed by atoms with Gasteiger partial charge < -0.3 is 15.0 Å². The predicted octanol–water partition coefficient (Wildman–Crippen LogP) is 0.929. The Morgan fingerprint density at radius 3 is 2.89 bits per heavy atom. The van der Waals surface area contributed by atoms with E-state index in [0.29, 0.717) is 25.3 Å². The summed E-state index contributed by atoms with van der Waals surface area (Å²) in [5.41, 5.74) is 0. The molecular formula is C14H24N2O3. The number of rotatable bonds is 5. The first-order valence-electron chi connectivity index (χ1n) is 7.26. The summed E-state index contributed by atoms with van der Waals surface area (Å²) in [5.74, 6) is 0.691. The van der Waals surface area contributed by atoms with Crippen LogP contribution in [0.5, 0.6) is 0 Å². The molecule has 0 bridgehead atoms. The molecule has 5 nitrogen and oxygen atoms in total. The highest BCUT2D eigenvalue weighted by atomic mass is 16.5. The molecule has 2 heterocycles. The quantitative estimate of drug-likeness (QED) is 0.807. The molecule has 1 unspecified atom stereocenters. The first kappa shape index (κ1) is 14.3. The Bertz CT molecular complexity index is 344. The maximum absolute atomic E-state index is 12.2. The van der Waals surface area contributed by atoms with Gasteiger partial charge in [-0.3, -0.25) is 9.59 Å². The van der Waals surface area contributed by atoms with Gasteiger partial charge in [-0.2, -0.15) is 0 Å². The predicted molar refractivity (Wildman–Crippen MR) is 71.6 cm³/mol. The molecule has 1 N–H and O–H groups in total. The summed E-state index contributed by atoms with van der Waals surface area (Å²) in [5, 5.41) is 2.73. The minimum Gasteiger partial charge on any atom is -0.376 e. The summed E-state index contributed by atoms with van der Waals surface area (Å²) in [4.78, 5) is 25.1. The van der Waals surface area contributed by atoms with Crippen molar-refractivity contribution in [3.8, 4) is 0 Å². The van der Waals surface area contributed by atoms with Crippen molar-refractivity contribution < 1.29 is 14.3 Å². The van der Waals surface area contributed by atoms with Crippen molar-refractivity contribution in [1.82, 2.24) is 10.2 Å². The van der Waals surface area contributed by atoms with Crippen LogP contribution < -0.4 is 5.32 Å². The molecule has 2 amide bonds. The number of carbonyl (C=O) groups excluding carboxylic acids is 2. The Balaban J connectivity index is 1.72. The molecule has 0 aliphatic carbocycles. The maximum atomic E-state index is 12.2. The lowest BCUT2D eigenvalue weighted by Crippen LogP contribution is -2.43. The van der Waals surface area contributed by atoms with Crippen molar-refractivity contribution in [1.29, 1.82) is 0 Å². The summed E-state index contributed by atoms with van der Waals surface area (Å²) in [6.07, 6.45) is 3.24. The molecule has 2 aliphatic rings. The fourth-order valence-electron chi connectivity index (χ4n) is 2.55. The van der Waals surface area contributed by atoms with E-state index in [-0.39, 0.29) is 24.0 Å². The standard InChI is InChI=1S/C14H24N2O3/c1-10(2)6-8-19-11-5-7-16(9-11)14(18)12-3-4-13(17)15-12/h10-12H,3-9H2,1-2H3,(H,15,17)/t11?,12-/m1/s1. The topological polar surface area (TPSA) is 58.6 Å². The Morgan fingerprint density at radius 2 is 2.26 bits per heavy atom. The van der Waals surface area contributed by atoms with Crippen molar-refractivity contribution in [2.75, 3.05) is 19.7 Å². The highest BCUT2D eigenvalue weighted by molar-refractivity contribution is 5.90. The number of nitrogens with one attached hydrogen (secondary N) is 1. The minimum atomic E-state index is -0.304. The monoisotopic (exact) mass is 268 g/mol. The molecule has 0 saturated carbocycles. The lowest BCUT2D eigenvalue weighted by Gasteiger charge is -2.20. The van der Waals surface area contributed by atoms with Crippen LogP contribution in [0.15, 0.2) is 0 Å². The zero-order valence-electron chi connectivity index (χ0n) is 11.9. The van der Waals surface area contributed by atoms with Gasteiger partial charge in [0.05, 0.1) is 6.10 Å². The smallest absolute Gasteiger partial charge is 0.245 e. The number of hydrogen-bond acceptors (Lipinski definition) is 3. The number of carbonyl (C=O) groups is 2. The lowest BCUT2D eigenvalue weighted by atomic mass is 10.1.